The van der Waals surface area contributed by atoms with E-state index in [0.29, 0.717) is 0 Å². The second-order valence-corrected chi connectivity index (χ2v) is 24.4. The van der Waals surface area contributed by atoms with Gasteiger partial charge in [-0.2, -0.15) is 66.6 Å². The van der Waals surface area contributed by atoms with E-state index < -0.39 is 0 Å². The zero-order valence-electron chi connectivity index (χ0n) is 38.6. The Morgan fingerprint density at radius 1 is 0.318 bits per heavy atom. The van der Waals surface area contributed by atoms with Crippen molar-refractivity contribution in [1.29, 1.82) is 0 Å². The normalized spacial score (nSPS) is 16.2. The molecule has 66 heavy (non-hydrogen) atoms. The van der Waals surface area contributed by atoms with Crippen molar-refractivity contribution in [2.45, 2.75) is 125 Å². The summed E-state index contributed by atoms with van der Waals surface area (Å²) in [7, 11) is 4.15. The average molecular weight is 1130 g/mol. The van der Waals surface area contributed by atoms with Crippen LogP contribution in [-0.2, 0) is 48.5 Å². The van der Waals surface area contributed by atoms with Gasteiger partial charge >= 0.3 is 56.9 Å². The Morgan fingerprint density at radius 2 is 0.500 bits per heavy atom. The largest absolute Gasteiger partial charge is 1.00 e. The number of hydrogen-bond acceptors (Lipinski definition) is 0. The summed E-state index contributed by atoms with van der Waals surface area (Å²) >= 11 is 2.60. The Bertz CT molecular complexity index is 2210. The summed E-state index contributed by atoms with van der Waals surface area (Å²) in [6, 6.07) is 53.5. The van der Waals surface area contributed by atoms with E-state index in [1.807, 2.05) is 0 Å². The van der Waals surface area contributed by atoms with Crippen LogP contribution < -0.4 is 45.6 Å². The van der Waals surface area contributed by atoms with E-state index in [1.165, 1.54) is 194 Å². The first-order valence-corrected chi connectivity index (χ1v) is 31.9. The summed E-state index contributed by atoms with van der Waals surface area (Å²) < 4.78 is 6.68. The fourth-order valence-electron chi connectivity index (χ4n) is 10.3. The Kier molecular flexibility index (Phi) is 25.2. The molecule has 0 aliphatic heterocycles. The maximum absolute atomic E-state index is 3.34. The zero-order valence-corrected chi connectivity index (χ0v) is 49.1. The fourth-order valence-corrected chi connectivity index (χ4v) is 17.1. The second kappa shape index (κ2) is 30.1. The molecule has 0 aromatic heterocycles. The van der Waals surface area contributed by atoms with Crippen LogP contribution in [0.4, 0.5) is 0 Å². The number of halogens is 2. The third kappa shape index (κ3) is 15.6. The molecule has 4 aliphatic carbocycles. The van der Waals surface area contributed by atoms with Crippen molar-refractivity contribution in [2.75, 3.05) is 0 Å². The molecule has 0 saturated heterocycles. The monoisotopic (exact) mass is 1120 g/mol. The summed E-state index contributed by atoms with van der Waals surface area (Å²) in [6.07, 6.45) is 23.3. The van der Waals surface area contributed by atoms with Crippen molar-refractivity contribution in [3.05, 3.63) is 146 Å². The van der Waals surface area contributed by atoms with Gasteiger partial charge < -0.3 is 24.8 Å². The standard InChI is InChI=1S/4C14H15Si.2CH2.2ClH.2Zr/c4*1-4-8-13-11(5-1)9-10-14(13)15-12-6-2-3-7-12;;;;;;/h4*1,4-5,8-10,12H,2-3,6-7H2;2*1H2;2*1H;;/q4*-1;;;;;2*+2/p-2. The number of fused-ring (bicyclic) bond motifs is 4. The summed E-state index contributed by atoms with van der Waals surface area (Å²) in [6.45, 7) is 0. The topological polar surface area (TPSA) is 0 Å². The van der Waals surface area contributed by atoms with Crippen molar-refractivity contribution >= 4 is 110 Å². The van der Waals surface area contributed by atoms with Crippen LogP contribution in [0.15, 0.2) is 146 Å². The Labute approximate surface area is 449 Å². The molecule has 0 amide bonds. The van der Waals surface area contributed by atoms with Crippen LogP contribution in [-0.4, -0.2) is 46.5 Å². The van der Waals surface area contributed by atoms with Gasteiger partial charge in [0.1, 0.15) is 0 Å². The second-order valence-electron chi connectivity index (χ2n) is 17.8. The molecule has 0 unspecified atom stereocenters. The van der Waals surface area contributed by atoms with Crippen LogP contribution in [0.5, 0.6) is 0 Å². The minimum absolute atomic E-state index is 0. The molecule has 8 aromatic carbocycles. The van der Waals surface area contributed by atoms with Crippen molar-refractivity contribution in [3.63, 3.8) is 0 Å². The third-order valence-electron chi connectivity index (χ3n) is 13.6. The molecule has 0 heterocycles. The summed E-state index contributed by atoms with van der Waals surface area (Å²) in [5, 5.41) is 18.0. The quantitative estimate of drug-likeness (QED) is 0.114. The first-order valence-electron chi connectivity index (χ1n) is 24.1. The molecule has 8 heteroatoms. The van der Waals surface area contributed by atoms with Gasteiger partial charge in [0, 0.05) is 38.1 Å². The van der Waals surface area contributed by atoms with E-state index in [-0.39, 0.29) is 24.8 Å². The predicted octanol–water partition coefficient (Wildman–Crippen LogP) is 6.94. The maximum Gasteiger partial charge on any atom is 0.00924 e. The van der Waals surface area contributed by atoms with Crippen molar-refractivity contribution in [3.8, 4) is 0 Å². The molecule has 0 spiro atoms. The predicted molar refractivity (Wildman–Crippen MR) is 283 cm³/mol. The van der Waals surface area contributed by atoms with Crippen molar-refractivity contribution < 1.29 is 73.3 Å². The molecule has 0 atom stereocenters. The molecule has 8 radical (unpaired) electrons. The van der Waals surface area contributed by atoms with Crippen LogP contribution in [0, 0.1) is 0 Å². The molecule has 12 rings (SSSR count). The molecule has 8 aromatic rings. The van der Waals surface area contributed by atoms with Gasteiger partial charge in [-0.1, -0.05) is 149 Å². The van der Waals surface area contributed by atoms with Crippen molar-refractivity contribution in [2.24, 2.45) is 0 Å². The van der Waals surface area contributed by atoms with E-state index >= 15 is 0 Å². The minimum atomic E-state index is 0. The minimum Gasteiger partial charge on any atom is -1.00 e. The summed E-state index contributed by atoms with van der Waals surface area (Å²) in [5.74, 6) is 0. The SMILES string of the molecule is [CH2]=[Zr+2].[CH2]=[Zr+2].[Cl-].[Cl-].c1ccc2c([Si]C3CCCC3)c[cH-]c2c1.c1ccc2c([Si]C3CCCC3)c[cH-]c2c1.c1ccc2c([Si]C3CCCC3)c[cH-]c2c1.c1ccc2c([Si]C3CCCC3)c[cH-]c2c1. The van der Waals surface area contributed by atoms with Gasteiger partial charge in [0.2, 0.25) is 0 Å². The van der Waals surface area contributed by atoms with E-state index in [2.05, 4.69) is 154 Å². The summed E-state index contributed by atoms with van der Waals surface area (Å²) in [5.41, 5.74) is 3.93. The molecular formula is C58H64Cl2Si4Zr2-2. The Morgan fingerprint density at radius 3 is 0.697 bits per heavy atom. The van der Waals surface area contributed by atoms with Gasteiger partial charge in [-0.15, -0.1) is 119 Å². The fraction of sp³-hybridized carbons (Fsp3) is 0.345. The van der Waals surface area contributed by atoms with Crippen LogP contribution in [0.25, 0.3) is 43.1 Å². The van der Waals surface area contributed by atoms with Crippen molar-refractivity contribution in [1.82, 2.24) is 0 Å². The molecule has 4 fully saturated rings. The van der Waals surface area contributed by atoms with Gasteiger partial charge in [0.05, 0.1) is 0 Å². The molecule has 4 aliphatic rings. The number of rotatable bonds is 8. The smallest absolute Gasteiger partial charge is 0.00924 e. The van der Waals surface area contributed by atoms with Gasteiger partial charge in [-0.25, -0.2) is 0 Å². The van der Waals surface area contributed by atoms with E-state index in [0.717, 1.165) is 60.2 Å². The average Bonchev–Trinajstić information content (AvgIpc) is 4.21. The first kappa shape index (κ1) is 55.2. The number of benzene rings is 4. The Balaban J connectivity index is 0.000000159. The van der Waals surface area contributed by atoms with Crippen LogP contribution in [0.1, 0.15) is 103 Å². The molecular weight excluding hydrogens is 1060 g/mol. The van der Waals surface area contributed by atoms with Gasteiger partial charge in [0.15, 0.2) is 0 Å². The maximum atomic E-state index is 3.34. The van der Waals surface area contributed by atoms with E-state index in [4.69, 9.17) is 0 Å². The first-order chi connectivity index (χ1) is 31.7. The Hall–Kier alpha value is -1.73. The molecule has 4 saturated carbocycles. The zero-order chi connectivity index (χ0) is 44.4. The van der Waals surface area contributed by atoms with Crippen LogP contribution in [0.2, 0.25) is 22.2 Å². The summed E-state index contributed by atoms with van der Waals surface area (Å²) in [4.78, 5) is 0. The molecule has 0 nitrogen and oxygen atoms in total. The van der Waals surface area contributed by atoms with Gasteiger partial charge in [0.25, 0.3) is 0 Å². The van der Waals surface area contributed by atoms with Crippen LogP contribution in [0.3, 0.4) is 0 Å². The van der Waals surface area contributed by atoms with Gasteiger partial charge in [-0.3, -0.25) is 0 Å². The third-order valence-corrected chi connectivity index (χ3v) is 20.5. The molecule has 336 valence electrons. The van der Waals surface area contributed by atoms with Gasteiger partial charge in [-0.05, 0) is 0 Å². The van der Waals surface area contributed by atoms with E-state index in [9.17, 15) is 0 Å². The molecule has 0 bridgehead atoms. The molecule has 0 N–H and O–H groups in total. The van der Waals surface area contributed by atoms with Crippen LogP contribution >= 0.6 is 0 Å². The number of hydrogen-bond donors (Lipinski definition) is 0. The van der Waals surface area contributed by atoms with E-state index in [1.54, 1.807) is 20.7 Å².